The lowest BCUT2D eigenvalue weighted by Crippen LogP contribution is -2.49. The first kappa shape index (κ1) is 21.9. The molecule has 1 saturated carbocycles. The van der Waals surface area contributed by atoms with Gasteiger partial charge in [0.05, 0.1) is 31.8 Å². The van der Waals surface area contributed by atoms with Crippen LogP contribution >= 0.6 is 24.0 Å². The van der Waals surface area contributed by atoms with Gasteiger partial charge in [0, 0.05) is 26.8 Å². The Balaban J connectivity index is 0.00000288. The Kier molecular flexibility index (Phi) is 9.84. The van der Waals surface area contributed by atoms with E-state index in [0.717, 1.165) is 32.1 Å². The van der Waals surface area contributed by atoms with E-state index in [4.69, 9.17) is 9.47 Å². The van der Waals surface area contributed by atoms with Gasteiger partial charge in [-0.15, -0.1) is 24.0 Å². The standard InChI is InChI=1S/C17H33N3O3.HI/c1-3-18-15(20-11-17(12-21)13-23-14-17)19-10-16(8-9-22-2)6-4-5-7-16;/h21H,3-14H2,1-2H3,(H2,18,19,20);1H. The van der Waals surface area contributed by atoms with Crippen molar-refractivity contribution in [2.75, 3.05) is 53.2 Å². The lowest BCUT2D eigenvalue weighted by atomic mass is 9.83. The molecule has 0 aromatic rings. The van der Waals surface area contributed by atoms with Gasteiger partial charge in [-0.1, -0.05) is 12.8 Å². The molecular weight excluding hydrogens is 421 g/mol. The van der Waals surface area contributed by atoms with Crippen LogP contribution in [0.1, 0.15) is 39.0 Å². The monoisotopic (exact) mass is 455 g/mol. The third kappa shape index (κ3) is 6.00. The number of aliphatic hydroxyl groups excluding tert-OH is 1. The minimum atomic E-state index is -0.177. The number of rotatable bonds is 9. The van der Waals surface area contributed by atoms with Crippen LogP contribution in [0.25, 0.3) is 0 Å². The van der Waals surface area contributed by atoms with Gasteiger partial charge in [0.15, 0.2) is 5.96 Å². The number of aliphatic hydroxyl groups is 1. The van der Waals surface area contributed by atoms with Crippen LogP contribution in [0.3, 0.4) is 0 Å². The molecule has 0 aromatic heterocycles. The summed E-state index contributed by atoms with van der Waals surface area (Å²) in [6, 6.07) is 0. The van der Waals surface area contributed by atoms with E-state index in [9.17, 15) is 5.11 Å². The van der Waals surface area contributed by atoms with E-state index in [-0.39, 0.29) is 36.0 Å². The summed E-state index contributed by atoms with van der Waals surface area (Å²) in [6.07, 6.45) is 6.24. The van der Waals surface area contributed by atoms with Gasteiger partial charge >= 0.3 is 0 Å². The molecule has 1 heterocycles. The average Bonchev–Trinajstić information content (AvgIpc) is 2.99. The van der Waals surface area contributed by atoms with E-state index in [1.54, 1.807) is 7.11 Å². The van der Waals surface area contributed by atoms with Gasteiger partial charge < -0.3 is 25.2 Å². The second kappa shape index (κ2) is 10.8. The largest absolute Gasteiger partial charge is 0.396 e. The Hall–Kier alpha value is -0.120. The van der Waals surface area contributed by atoms with Gasteiger partial charge in [0.2, 0.25) is 0 Å². The van der Waals surface area contributed by atoms with Crippen LogP contribution < -0.4 is 10.6 Å². The molecule has 2 rings (SSSR count). The van der Waals surface area contributed by atoms with Crippen molar-refractivity contribution in [3.8, 4) is 0 Å². The van der Waals surface area contributed by atoms with E-state index in [2.05, 4.69) is 22.5 Å². The average molecular weight is 455 g/mol. The fourth-order valence-electron chi connectivity index (χ4n) is 3.44. The minimum Gasteiger partial charge on any atom is -0.396 e. The molecule has 6 nitrogen and oxygen atoms in total. The van der Waals surface area contributed by atoms with Crippen LogP contribution in [-0.4, -0.2) is 64.2 Å². The van der Waals surface area contributed by atoms with Crippen LogP contribution in [-0.2, 0) is 9.47 Å². The Bertz CT molecular complexity index is 378. The van der Waals surface area contributed by atoms with Gasteiger partial charge in [-0.05, 0) is 31.6 Å². The first-order valence-corrected chi connectivity index (χ1v) is 8.87. The number of ether oxygens (including phenoxy) is 2. The molecule has 0 unspecified atom stereocenters. The quantitative estimate of drug-likeness (QED) is 0.281. The number of nitrogens with one attached hydrogen (secondary N) is 2. The smallest absolute Gasteiger partial charge is 0.191 e. The van der Waals surface area contributed by atoms with Crippen LogP contribution in [0.5, 0.6) is 0 Å². The summed E-state index contributed by atoms with van der Waals surface area (Å²) in [6.45, 7) is 6.60. The van der Waals surface area contributed by atoms with Crippen LogP contribution in [0.2, 0.25) is 0 Å². The maximum atomic E-state index is 9.52. The summed E-state index contributed by atoms with van der Waals surface area (Å²) in [4.78, 5) is 4.67. The van der Waals surface area contributed by atoms with Crippen molar-refractivity contribution >= 4 is 29.9 Å². The Labute approximate surface area is 163 Å². The lowest BCUT2D eigenvalue weighted by Gasteiger charge is -2.38. The summed E-state index contributed by atoms with van der Waals surface area (Å²) >= 11 is 0. The van der Waals surface area contributed by atoms with Crippen molar-refractivity contribution in [2.24, 2.45) is 15.8 Å². The minimum absolute atomic E-state index is 0. The predicted octanol–water partition coefficient (Wildman–Crippen LogP) is 1.77. The second-order valence-corrected chi connectivity index (χ2v) is 7.15. The molecule has 24 heavy (non-hydrogen) atoms. The third-order valence-corrected chi connectivity index (χ3v) is 5.20. The van der Waals surface area contributed by atoms with Gasteiger partial charge in [-0.25, -0.2) is 0 Å². The maximum absolute atomic E-state index is 9.52. The molecule has 0 radical (unpaired) electrons. The van der Waals surface area contributed by atoms with Crippen molar-refractivity contribution in [1.82, 2.24) is 10.6 Å². The normalized spacial score (nSPS) is 21.7. The summed E-state index contributed by atoms with van der Waals surface area (Å²) in [5.41, 5.74) is 0.157. The van der Waals surface area contributed by atoms with Gasteiger partial charge in [0.1, 0.15) is 0 Å². The molecule has 7 heteroatoms. The summed E-state index contributed by atoms with van der Waals surface area (Å²) in [5, 5.41) is 16.3. The molecule has 0 spiro atoms. The molecule has 3 N–H and O–H groups in total. The molecule has 1 saturated heterocycles. The molecule has 0 atom stereocenters. The van der Waals surface area contributed by atoms with E-state index >= 15 is 0 Å². The summed E-state index contributed by atoms with van der Waals surface area (Å²) in [5.74, 6) is 0.843. The fraction of sp³-hybridized carbons (Fsp3) is 0.941. The molecule has 1 aliphatic heterocycles. The Morgan fingerprint density at radius 1 is 1.21 bits per heavy atom. The highest BCUT2D eigenvalue weighted by atomic mass is 127. The van der Waals surface area contributed by atoms with Crippen molar-refractivity contribution in [1.29, 1.82) is 0 Å². The Morgan fingerprint density at radius 2 is 1.92 bits per heavy atom. The zero-order valence-corrected chi connectivity index (χ0v) is 17.4. The topological polar surface area (TPSA) is 75.1 Å². The number of halogens is 1. The summed E-state index contributed by atoms with van der Waals surface area (Å²) < 4.78 is 10.5. The molecule has 0 amide bonds. The molecule has 0 aromatic carbocycles. The van der Waals surface area contributed by atoms with Gasteiger partial charge in [0.25, 0.3) is 0 Å². The van der Waals surface area contributed by atoms with Crippen LogP contribution in [0.15, 0.2) is 4.99 Å². The fourth-order valence-corrected chi connectivity index (χ4v) is 3.44. The van der Waals surface area contributed by atoms with E-state index < -0.39 is 0 Å². The van der Waals surface area contributed by atoms with Crippen molar-refractivity contribution < 1.29 is 14.6 Å². The molecule has 2 aliphatic rings. The van der Waals surface area contributed by atoms with Crippen molar-refractivity contribution in [3.63, 3.8) is 0 Å². The summed E-state index contributed by atoms with van der Waals surface area (Å²) in [7, 11) is 1.77. The molecule has 1 aliphatic carbocycles. The molecule has 0 bridgehead atoms. The predicted molar refractivity (Wildman–Crippen MR) is 107 cm³/mol. The highest BCUT2D eigenvalue weighted by Gasteiger charge is 2.38. The first-order chi connectivity index (χ1) is 11.2. The number of hydrogen-bond donors (Lipinski definition) is 3. The zero-order valence-electron chi connectivity index (χ0n) is 15.1. The SMILES string of the molecule is CCNC(=NCC1(CO)COC1)NCC1(CCOC)CCCC1.I. The molecular formula is C17H34IN3O3. The number of aliphatic imine (C=N–C) groups is 1. The highest BCUT2D eigenvalue weighted by Crippen LogP contribution is 2.40. The van der Waals surface area contributed by atoms with Gasteiger partial charge in [-0.3, -0.25) is 4.99 Å². The van der Waals surface area contributed by atoms with Crippen LogP contribution in [0, 0.1) is 10.8 Å². The number of guanidine groups is 1. The van der Waals surface area contributed by atoms with E-state index in [1.807, 2.05) is 0 Å². The number of nitrogens with zero attached hydrogens (tertiary/aromatic N) is 1. The number of methoxy groups -OCH3 is 1. The first-order valence-electron chi connectivity index (χ1n) is 8.87. The maximum Gasteiger partial charge on any atom is 0.191 e. The van der Waals surface area contributed by atoms with Crippen molar-refractivity contribution in [2.45, 2.75) is 39.0 Å². The van der Waals surface area contributed by atoms with E-state index in [1.165, 1.54) is 25.7 Å². The van der Waals surface area contributed by atoms with Crippen LogP contribution in [0.4, 0.5) is 0 Å². The zero-order chi connectivity index (χ0) is 16.6. The van der Waals surface area contributed by atoms with Crippen molar-refractivity contribution in [3.05, 3.63) is 0 Å². The Morgan fingerprint density at radius 3 is 2.42 bits per heavy atom. The molecule has 2 fully saturated rings. The highest BCUT2D eigenvalue weighted by molar-refractivity contribution is 14.0. The lowest BCUT2D eigenvalue weighted by molar-refractivity contribution is -0.130. The van der Waals surface area contributed by atoms with Gasteiger partial charge in [-0.2, -0.15) is 0 Å². The molecule has 142 valence electrons. The second-order valence-electron chi connectivity index (χ2n) is 7.15. The number of hydrogen-bond acceptors (Lipinski definition) is 4. The van der Waals surface area contributed by atoms with E-state index in [0.29, 0.717) is 25.2 Å². The third-order valence-electron chi connectivity index (χ3n) is 5.20.